The molecular formula is C43H28N2O. The molecule has 0 aliphatic carbocycles. The molecule has 0 saturated heterocycles. The average molecular weight is 589 g/mol. The van der Waals surface area contributed by atoms with E-state index >= 15 is 0 Å². The van der Waals surface area contributed by atoms with Gasteiger partial charge in [0.05, 0.1) is 6.20 Å². The molecule has 2 aromatic heterocycles. The summed E-state index contributed by atoms with van der Waals surface area (Å²) in [6, 6.07) is 56.3. The highest BCUT2D eigenvalue weighted by Crippen LogP contribution is 2.39. The molecule has 3 nitrogen and oxygen atoms in total. The van der Waals surface area contributed by atoms with E-state index in [9.17, 15) is 0 Å². The number of aromatic nitrogens is 1. The monoisotopic (exact) mass is 588 g/mol. The zero-order valence-corrected chi connectivity index (χ0v) is 25.0. The fourth-order valence-electron chi connectivity index (χ4n) is 6.63. The molecule has 0 radical (unpaired) electrons. The molecule has 2 heterocycles. The molecule has 0 aliphatic heterocycles. The van der Waals surface area contributed by atoms with Crippen LogP contribution in [-0.4, -0.2) is 4.98 Å². The summed E-state index contributed by atoms with van der Waals surface area (Å²) in [5.74, 6) is 0. The van der Waals surface area contributed by atoms with Crippen molar-refractivity contribution in [1.29, 1.82) is 0 Å². The Morgan fingerprint density at radius 2 is 1.00 bits per heavy atom. The molecule has 0 amide bonds. The molecule has 0 aliphatic rings. The van der Waals surface area contributed by atoms with Crippen molar-refractivity contribution < 1.29 is 4.42 Å². The largest absolute Gasteiger partial charge is 0.454 e. The van der Waals surface area contributed by atoms with Crippen LogP contribution in [0.1, 0.15) is 0 Å². The van der Waals surface area contributed by atoms with E-state index in [4.69, 9.17) is 4.42 Å². The predicted octanol–water partition coefficient (Wildman–Crippen LogP) is 12.1. The number of pyridine rings is 1. The number of anilines is 3. The highest BCUT2D eigenvalue weighted by atomic mass is 16.3. The molecular weight excluding hydrogens is 560 g/mol. The van der Waals surface area contributed by atoms with Gasteiger partial charge in [-0.25, -0.2) is 0 Å². The normalized spacial score (nSPS) is 11.5. The maximum absolute atomic E-state index is 6.11. The first-order valence-electron chi connectivity index (χ1n) is 15.5. The van der Waals surface area contributed by atoms with Crippen molar-refractivity contribution >= 4 is 60.5 Å². The van der Waals surface area contributed by atoms with Gasteiger partial charge in [0.2, 0.25) is 0 Å². The first-order chi connectivity index (χ1) is 22.8. The minimum atomic E-state index is 0.811. The molecule has 0 N–H and O–H groups in total. The summed E-state index contributed by atoms with van der Waals surface area (Å²) in [7, 11) is 0. The van der Waals surface area contributed by atoms with Gasteiger partial charge < -0.3 is 9.32 Å². The SMILES string of the molecule is c1ccc(N(c2ccc(-c3ccc4ccccc4c3)cc2)c2ccc(-c3ccc4ccc5oc6cnccc6c5c4c3)cc2)cc1. The van der Waals surface area contributed by atoms with Crippen molar-refractivity contribution in [3.63, 3.8) is 0 Å². The first-order valence-corrected chi connectivity index (χ1v) is 15.5. The Morgan fingerprint density at radius 3 is 1.74 bits per heavy atom. The lowest BCUT2D eigenvalue weighted by molar-refractivity contribution is 0.667. The van der Waals surface area contributed by atoms with Gasteiger partial charge >= 0.3 is 0 Å². The number of rotatable bonds is 5. The fraction of sp³-hybridized carbons (Fsp3) is 0. The Morgan fingerprint density at radius 1 is 0.413 bits per heavy atom. The van der Waals surface area contributed by atoms with Crippen molar-refractivity contribution in [1.82, 2.24) is 4.98 Å². The van der Waals surface area contributed by atoms with E-state index in [2.05, 4.69) is 162 Å². The van der Waals surface area contributed by atoms with Crippen molar-refractivity contribution in [2.24, 2.45) is 0 Å². The number of benzene rings is 7. The van der Waals surface area contributed by atoms with Gasteiger partial charge in [0, 0.05) is 34.0 Å². The minimum Gasteiger partial charge on any atom is -0.454 e. The van der Waals surface area contributed by atoms with Gasteiger partial charge in [-0.3, -0.25) is 4.98 Å². The van der Waals surface area contributed by atoms with E-state index < -0.39 is 0 Å². The second-order valence-corrected chi connectivity index (χ2v) is 11.7. The summed E-state index contributed by atoms with van der Waals surface area (Å²) < 4.78 is 6.11. The number of hydrogen-bond acceptors (Lipinski definition) is 3. The third kappa shape index (κ3) is 4.49. The molecule has 7 aromatic carbocycles. The smallest absolute Gasteiger partial charge is 0.153 e. The van der Waals surface area contributed by atoms with E-state index in [1.54, 1.807) is 6.20 Å². The van der Waals surface area contributed by atoms with Gasteiger partial charge in [-0.1, -0.05) is 97.1 Å². The third-order valence-corrected chi connectivity index (χ3v) is 8.94. The van der Waals surface area contributed by atoms with Crippen LogP contribution in [0.2, 0.25) is 0 Å². The maximum atomic E-state index is 6.11. The van der Waals surface area contributed by atoms with Crippen LogP contribution in [0, 0.1) is 0 Å². The Balaban J connectivity index is 1.09. The van der Waals surface area contributed by atoms with Crippen LogP contribution in [0.5, 0.6) is 0 Å². The lowest BCUT2D eigenvalue weighted by Crippen LogP contribution is -2.09. The predicted molar refractivity (Wildman–Crippen MR) is 192 cm³/mol. The summed E-state index contributed by atoms with van der Waals surface area (Å²) >= 11 is 0. The Labute approximate surface area is 266 Å². The minimum absolute atomic E-state index is 0.811. The van der Waals surface area contributed by atoms with E-state index in [-0.39, 0.29) is 0 Å². The van der Waals surface area contributed by atoms with Crippen molar-refractivity contribution in [2.75, 3.05) is 4.90 Å². The van der Waals surface area contributed by atoms with Gasteiger partial charge in [0.1, 0.15) is 5.58 Å². The van der Waals surface area contributed by atoms with Gasteiger partial charge in [0.25, 0.3) is 0 Å². The zero-order valence-electron chi connectivity index (χ0n) is 25.0. The van der Waals surface area contributed by atoms with Crippen LogP contribution >= 0.6 is 0 Å². The summed E-state index contributed by atoms with van der Waals surface area (Å²) in [6.45, 7) is 0. The zero-order chi connectivity index (χ0) is 30.5. The van der Waals surface area contributed by atoms with E-state index in [1.165, 1.54) is 38.2 Å². The third-order valence-electron chi connectivity index (χ3n) is 8.94. The van der Waals surface area contributed by atoms with Crippen LogP contribution in [0.15, 0.2) is 175 Å². The molecule has 9 rings (SSSR count). The maximum Gasteiger partial charge on any atom is 0.153 e. The molecule has 46 heavy (non-hydrogen) atoms. The number of nitrogens with zero attached hydrogens (tertiary/aromatic N) is 2. The highest BCUT2D eigenvalue weighted by Gasteiger charge is 2.14. The van der Waals surface area contributed by atoms with Gasteiger partial charge in [-0.2, -0.15) is 0 Å². The number of hydrogen-bond donors (Lipinski definition) is 0. The molecule has 9 aromatic rings. The summed E-state index contributed by atoms with van der Waals surface area (Å²) in [5.41, 5.74) is 9.77. The molecule has 0 bridgehead atoms. The van der Waals surface area contributed by atoms with E-state index in [0.29, 0.717) is 0 Å². The Hall–Kier alpha value is -6.19. The molecule has 0 fully saturated rings. The molecule has 0 saturated carbocycles. The van der Waals surface area contributed by atoms with Crippen LogP contribution in [0.4, 0.5) is 17.1 Å². The fourth-order valence-corrected chi connectivity index (χ4v) is 6.63. The van der Waals surface area contributed by atoms with Gasteiger partial charge in [-0.05, 0) is 104 Å². The Kier molecular flexibility index (Phi) is 6.14. The van der Waals surface area contributed by atoms with Crippen molar-refractivity contribution in [2.45, 2.75) is 0 Å². The second-order valence-electron chi connectivity index (χ2n) is 11.7. The van der Waals surface area contributed by atoms with Crippen LogP contribution in [0.3, 0.4) is 0 Å². The van der Waals surface area contributed by atoms with Crippen LogP contribution in [-0.2, 0) is 0 Å². The topological polar surface area (TPSA) is 29.3 Å². The summed E-state index contributed by atoms with van der Waals surface area (Å²) in [6.07, 6.45) is 3.62. The number of fused-ring (bicyclic) bond motifs is 6. The molecule has 0 atom stereocenters. The molecule has 0 unspecified atom stereocenters. The van der Waals surface area contributed by atoms with E-state index in [1.807, 2.05) is 12.3 Å². The number of para-hydroxylation sites is 1. The van der Waals surface area contributed by atoms with Crippen LogP contribution < -0.4 is 4.90 Å². The lowest BCUT2D eigenvalue weighted by atomic mass is 9.98. The second kappa shape index (κ2) is 10.8. The van der Waals surface area contributed by atoms with Gasteiger partial charge in [0.15, 0.2) is 5.58 Å². The average Bonchev–Trinajstić information content (AvgIpc) is 3.52. The summed E-state index contributed by atoms with van der Waals surface area (Å²) in [4.78, 5) is 6.56. The molecule has 216 valence electrons. The lowest BCUT2D eigenvalue weighted by Gasteiger charge is -2.26. The highest BCUT2D eigenvalue weighted by molar-refractivity contribution is 6.19. The quantitative estimate of drug-likeness (QED) is 0.200. The van der Waals surface area contributed by atoms with Crippen LogP contribution in [0.25, 0.3) is 65.7 Å². The Bertz CT molecular complexity index is 2510. The first kappa shape index (κ1) is 26.2. The molecule has 3 heteroatoms. The molecule has 0 spiro atoms. The van der Waals surface area contributed by atoms with Gasteiger partial charge in [-0.15, -0.1) is 0 Å². The summed E-state index contributed by atoms with van der Waals surface area (Å²) in [5, 5.41) is 7.10. The van der Waals surface area contributed by atoms with Crippen molar-refractivity contribution in [3.8, 4) is 22.3 Å². The number of furan rings is 1. The van der Waals surface area contributed by atoms with E-state index in [0.717, 1.165) is 44.6 Å². The standard InChI is InChI=1S/C43H28N2O/c1-2-8-36(9-3-1)45(37-19-14-30(15-20-37)34-12-10-29-6-4-5-7-33(29)26-34)38-21-16-31(17-22-38)35-13-11-32-18-23-41-43(40(32)27-35)39-24-25-44-28-42(39)46-41/h1-28H. The van der Waals surface area contributed by atoms with Crippen molar-refractivity contribution in [3.05, 3.63) is 170 Å².